The second kappa shape index (κ2) is 6.73. The molecule has 9 heteroatoms. The minimum atomic E-state index is -4.28. The maximum absolute atomic E-state index is 13.4. The van der Waals surface area contributed by atoms with Crippen LogP contribution in [0, 0.1) is 24.4 Å². The van der Waals surface area contributed by atoms with E-state index in [-0.39, 0.29) is 13.0 Å². The summed E-state index contributed by atoms with van der Waals surface area (Å²) in [5.74, 6) is -3.00. The van der Waals surface area contributed by atoms with Gasteiger partial charge in [0.15, 0.2) is 0 Å². The highest BCUT2D eigenvalue weighted by Gasteiger charge is 2.36. The summed E-state index contributed by atoms with van der Waals surface area (Å²) in [5.41, 5.74) is 0.807. The molecule has 3 rings (SSSR count). The van der Waals surface area contributed by atoms with Crippen LogP contribution in [0.1, 0.15) is 12.0 Å². The molecule has 2 aromatic carbocycles. The van der Waals surface area contributed by atoms with Gasteiger partial charge in [0.05, 0.1) is 4.90 Å². The van der Waals surface area contributed by atoms with Gasteiger partial charge in [0.25, 0.3) is 0 Å². The van der Waals surface area contributed by atoms with Gasteiger partial charge in [-0.05, 0) is 49.2 Å². The molecule has 0 unspecified atom stereocenters. The van der Waals surface area contributed by atoms with Crippen molar-refractivity contribution in [1.82, 2.24) is 4.72 Å². The summed E-state index contributed by atoms with van der Waals surface area (Å²) < 4.78 is 66.7. The van der Waals surface area contributed by atoms with Crippen LogP contribution >= 0.6 is 0 Å². The van der Waals surface area contributed by atoms with E-state index in [1.807, 2.05) is 0 Å². The summed E-state index contributed by atoms with van der Waals surface area (Å²) >= 11 is 0. The van der Waals surface area contributed by atoms with Crippen LogP contribution in [-0.4, -0.2) is 26.9 Å². The average molecular weight is 384 g/mol. The van der Waals surface area contributed by atoms with Crippen LogP contribution in [0.5, 0.6) is 0 Å². The maximum atomic E-state index is 13.4. The summed E-state index contributed by atoms with van der Waals surface area (Å²) in [6.07, 6.45) is 0.173. The van der Waals surface area contributed by atoms with Crippen molar-refractivity contribution in [3.8, 4) is 0 Å². The molecule has 0 spiro atoms. The number of anilines is 1. The van der Waals surface area contributed by atoms with Crippen LogP contribution in [0.15, 0.2) is 41.3 Å². The predicted molar refractivity (Wildman–Crippen MR) is 88.6 cm³/mol. The highest BCUT2D eigenvalue weighted by molar-refractivity contribution is 7.89. The van der Waals surface area contributed by atoms with Gasteiger partial charge in [-0.25, -0.2) is 21.6 Å². The van der Waals surface area contributed by atoms with Gasteiger partial charge in [-0.1, -0.05) is 0 Å². The van der Waals surface area contributed by atoms with E-state index in [9.17, 15) is 26.4 Å². The number of rotatable bonds is 4. The zero-order chi connectivity index (χ0) is 19.1. The zero-order valence-electron chi connectivity index (χ0n) is 13.7. The van der Waals surface area contributed by atoms with Crippen molar-refractivity contribution in [3.05, 3.63) is 59.4 Å². The molecular weight excluding hydrogens is 369 g/mol. The Balaban J connectivity index is 1.81. The standard InChI is InChI=1S/C17H15F3N2O3S/c1-10-6-13(2-3-15(10)20)22-5-4-16(17(22)23)21-26(24,25)14-8-11(18)7-12(19)9-14/h2-3,6-9,16,21H,4-5H2,1H3/t16-/m1/s1. The number of nitrogens with one attached hydrogen (secondary N) is 1. The van der Waals surface area contributed by atoms with Crippen molar-refractivity contribution in [1.29, 1.82) is 0 Å². The molecule has 5 nitrogen and oxygen atoms in total. The summed E-state index contributed by atoms with van der Waals surface area (Å²) in [5, 5.41) is 0. The van der Waals surface area contributed by atoms with Gasteiger partial charge in [-0.2, -0.15) is 4.72 Å². The molecule has 1 aliphatic rings. The minimum Gasteiger partial charge on any atom is -0.311 e. The van der Waals surface area contributed by atoms with Crippen LogP contribution in [0.3, 0.4) is 0 Å². The molecule has 1 N–H and O–H groups in total. The van der Waals surface area contributed by atoms with E-state index in [2.05, 4.69) is 4.72 Å². The molecule has 0 radical (unpaired) electrons. The monoisotopic (exact) mass is 384 g/mol. The number of carbonyl (C=O) groups is 1. The molecular formula is C17H15F3N2O3S. The second-order valence-electron chi connectivity index (χ2n) is 5.99. The number of hydrogen-bond acceptors (Lipinski definition) is 3. The number of amides is 1. The fourth-order valence-corrected chi connectivity index (χ4v) is 4.05. The Morgan fingerprint density at radius 1 is 1.08 bits per heavy atom. The van der Waals surface area contributed by atoms with Crippen molar-refractivity contribution in [2.45, 2.75) is 24.3 Å². The SMILES string of the molecule is Cc1cc(N2CC[C@@H](NS(=O)(=O)c3cc(F)cc(F)c3)C2=O)ccc1F. The topological polar surface area (TPSA) is 66.5 Å². The van der Waals surface area contributed by atoms with E-state index in [0.717, 1.165) is 0 Å². The lowest BCUT2D eigenvalue weighted by Crippen LogP contribution is -2.41. The van der Waals surface area contributed by atoms with Gasteiger partial charge in [0.2, 0.25) is 15.9 Å². The van der Waals surface area contributed by atoms with Gasteiger partial charge >= 0.3 is 0 Å². The molecule has 1 atom stereocenters. The molecule has 2 aromatic rings. The van der Waals surface area contributed by atoms with Crippen LogP contribution in [0.4, 0.5) is 18.9 Å². The molecule has 0 bridgehead atoms. The van der Waals surface area contributed by atoms with E-state index >= 15 is 0 Å². The van der Waals surface area contributed by atoms with Crippen molar-refractivity contribution in [3.63, 3.8) is 0 Å². The largest absolute Gasteiger partial charge is 0.311 e. The number of nitrogens with zero attached hydrogens (tertiary/aromatic N) is 1. The van der Waals surface area contributed by atoms with Crippen LogP contribution in [0.25, 0.3) is 0 Å². The molecule has 26 heavy (non-hydrogen) atoms. The molecule has 0 aromatic heterocycles. The molecule has 0 saturated carbocycles. The van der Waals surface area contributed by atoms with Gasteiger partial charge in [-0.3, -0.25) is 4.79 Å². The van der Waals surface area contributed by atoms with E-state index in [1.165, 1.54) is 23.1 Å². The highest BCUT2D eigenvalue weighted by Crippen LogP contribution is 2.25. The minimum absolute atomic E-state index is 0.173. The van der Waals surface area contributed by atoms with Crippen LogP contribution in [-0.2, 0) is 14.8 Å². The first-order valence-electron chi connectivity index (χ1n) is 7.73. The molecule has 138 valence electrons. The Kier molecular flexibility index (Phi) is 4.76. The smallest absolute Gasteiger partial charge is 0.245 e. The quantitative estimate of drug-likeness (QED) is 0.881. The van der Waals surface area contributed by atoms with Crippen molar-refractivity contribution in [2.24, 2.45) is 0 Å². The average Bonchev–Trinajstić information content (AvgIpc) is 2.89. The fraction of sp³-hybridized carbons (Fsp3) is 0.235. The van der Waals surface area contributed by atoms with Gasteiger partial charge in [-0.15, -0.1) is 0 Å². The van der Waals surface area contributed by atoms with E-state index in [4.69, 9.17) is 0 Å². The summed E-state index contributed by atoms with van der Waals surface area (Å²) in [4.78, 5) is 13.2. The lowest BCUT2D eigenvalue weighted by atomic mass is 10.2. The Bertz CT molecular complexity index is 959. The first-order valence-corrected chi connectivity index (χ1v) is 9.21. The van der Waals surface area contributed by atoms with Crippen molar-refractivity contribution >= 4 is 21.6 Å². The molecule has 0 aliphatic carbocycles. The molecule has 1 amide bonds. The Morgan fingerprint density at radius 2 is 1.73 bits per heavy atom. The summed E-state index contributed by atoms with van der Waals surface area (Å²) in [7, 11) is -4.28. The Morgan fingerprint density at radius 3 is 2.35 bits per heavy atom. The third-order valence-electron chi connectivity index (χ3n) is 4.10. The van der Waals surface area contributed by atoms with Crippen LogP contribution < -0.4 is 9.62 Å². The zero-order valence-corrected chi connectivity index (χ0v) is 14.5. The number of hydrogen-bond donors (Lipinski definition) is 1. The van der Waals surface area contributed by atoms with Crippen molar-refractivity contribution in [2.75, 3.05) is 11.4 Å². The van der Waals surface area contributed by atoms with Gasteiger partial charge in [0, 0.05) is 18.3 Å². The first kappa shape index (κ1) is 18.4. The predicted octanol–water partition coefficient (Wildman–Crippen LogP) is 2.50. The van der Waals surface area contributed by atoms with Crippen molar-refractivity contribution < 1.29 is 26.4 Å². The molecule has 1 aliphatic heterocycles. The molecule has 1 heterocycles. The third kappa shape index (κ3) is 3.58. The number of carbonyl (C=O) groups excluding carboxylic acids is 1. The van der Waals surface area contributed by atoms with E-state index < -0.39 is 44.3 Å². The normalized spacial score (nSPS) is 17.8. The number of benzene rings is 2. The number of aryl methyl sites for hydroxylation is 1. The van der Waals surface area contributed by atoms with Gasteiger partial charge < -0.3 is 4.90 Å². The number of sulfonamides is 1. The lowest BCUT2D eigenvalue weighted by Gasteiger charge is -2.18. The van der Waals surface area contributed by atoms with E-state index in [1.54, 1.807) is 6.92 Å². The highest BCUT2D eigenvalue weighted by atomic mass is 32.2. The van der Waals surface area contributed by atoms with Gasteiger partial charge in [0.1, 0.15) is 23.5 Å². The van der Waals surface area contributed by atoms with E-state index in [0.29, 0.717) is 29.4 Å². The fourth-order valence-electron chi connectivity index (χ4n) is 2.78. The number of halogens is 3. The first-order chi connectivity index (χ1) is 12.2. The Labute approximate surface area is 148 Å². The maximum Gasteiger partial charge on any atom is 0.245 e. The summed E-state index contributed by atoms with van der Waals surface area (Å²) in [6.45, 7) is 1.78. The third-order valence-corrected chi connectivity index (χ3v) is 5.55. The summed E-state index contributed by atoms with van der Waals surface area (Å²) in [6, 6.07) is 4.98. The molecule has 1 fully saturated rings. The molecule has 1 saturated heterocycles. The second-order valence-corrected chi connectivity index (χ2v) is 7.71. The Hall–Kier alpha value is -2.39. The van der Waals surface area contributed by atoms with Crippen LogP contribution in [0.2, 0.25) is 0 Å². The lowest BCUT2D eigenvalue weighted by molar-refractivity contribution is -0.118.